The van der Waals surface area contributed by atoms with Crippen LogP contribution in [0.15, 0.2) is 48.7 Å². The second-order valence-electron chi connectivity index (χ2n) is 7.13. The van der Waals surface area contributed by atoms with Crippen LogP contribution in [-0.2, 0) is 15.8 Å². The molecule has 4 nitrogen and oxygen atoms in total. The van der Waals surface area contributed by atoms with Gasteiger partial charge in [0.2, 0.25) is 5.91 Å². The Kier molecular flexibility index (Phi) is 4.05. The Balaban J connectivity index is 1.48. The highest BCUT2D eigenvalue weighted by atomic mass is 35.5. The number of pyridine rings is 1. The van der Waals surface area contributed by atoms with Crippen molar-refractivity contribution in [3.05, 3.63) is 64.9 Å². The van der Waals surface area contributed by atoms with Crippen LogP contribution in [0, 0.1) is 0 Å². The summed E-state index contributed by atoms with van der Waals surface area (Å²) in [4.78, 5) is 19.3. The zero-order valence-corrected chi connectivity index (χ0v) is 14.7. The normalized spacial score (nSPS) is 21.0. The van der Waals surface area contributed by atoms with Gasteiger partial charge in [-0.1, -0.05) is 29.8 Å². The molecule has 5 heteroatoms. The Morgan fingerprint density at radius 3 is 2.28 bits per heavy atom. The number of aromatic nitrogens is 1. The zero-order valence-electron chi connectivity index (χ0n) is 14.0. The molecule has 25 heavy (non-hydrogen) atoms. The lowest BCUT2D eigenvalue weighted by Crippen LogP contribution is -2.48. The molecule has 1 aromatic carbocycles. The zero-order chi connectivity index (χ0) is 17.5. The molecular weight excluding hydrogens is 336 g/mol. The highest BCUT2D eigenvalue weighted by Crippen LogP contribution is 2.50. The van der Waals surface area contributed by atoms with Crippen LogP contribution < -0.4 is 0 Å². The molecule has 4 rings (SSSR count). The molecule has 2 fully saturated rings. The minimum atomic E-state index is -0.935. The van der Waals surface area contributed by atoms with Crippen LogP contribution in [0.5, 0.6) is 0 Å². The Morgan fingerprint density at radius 1 is 1.04 bits per heavy atom. The first-order chi connectivity index (χ1) is 12.0. The average molecular weight is 357 g/mol. The van der Waals surface area contributed by atoms with E-state index in [0.29, 0.717) is 36.6 Å². The van der Waals surface area contributed by atoms with E-state index in [-0.39, 0.29) is 11.3 Å². The van der Waals surface area contributed by atoms with Crippen molar-refractivity contribution < 1.29 is 9.90 Å². The molecule has 0 bridgehead atoms. The van der Waals surface area contributed by atoms with Gasteiger partial charge in [0, 0.05) is 24.3 Å². The molecule has 1 N–H and O–H groups in total. The number of benzene rings is 1. The number of likely N-dealkylation sites (tertiary alicyclic amines) is 1. The summed E-state index contributed by atoms with van der Waals surface area (Å²) in [5, 5.41) is 11.6. The number of piperidine rings is 1. The van der Waals surface area contributed by atoms with Crippen LogP contribution in [0.4, 0.5) is 0 Å². The Labute approximate surface area is 152 Å². The largest absolute Gasteiger partial charge is 0.383 e. The predicted molar refractivity (Wildman–Crippen MR) is 96.3 cm³/mol. The molecule has 0 spiro atoms. The van der Waals surface area contributed by atoms with Crippen LogP contribution >= 0.6 is 11.6 Å². The van der Waals surface area contributed by atoms with Gasteiger partial charge in [0.25, 0.3) is 0 Å². The highest BCUT2D eigenvalue weighted by molar-refractivity contribution is 6.30. The summed E-state index contributed by atoms with van der Waals surface area (Å²) in [5.41, 5.74) is 0.425. The number of aliphatic hydroxyl groups is 1. The summed E-state index contributed by atoms with van der Waals surface area (Å²) >= 11 is 5.97. The van der Waals surface area contributed by atoms with Crippen LogP contribution in [0.3, 0.4) is 0 Å². The van der Waals surface area contributed by atoms with E-state index in [4.69, 9.17) is 11.6 Å². The van der Waals surface area contributed by atoms with E-state index in [0.717, 1.165) is 18.4 Å². The lowest BCUT2D eigenvalue weighted by Gasteiger charge is -2.39. The fourth-order valence-corrected chi connectivity index (χ4v) is 3.92. The Hall–Kier alpha value is -1.91. The second-order valence-corrected chi connectivity index (χ2v) is 7.56. The van der Waals surface area contributed by atoms with Crippen molar-refractivity contribution >= 4 is 17.5 Å². The van der Waals surface area contributed by atoms with E-state index in [1.807, 2.05) is 47.4 Å². The Bertz CT molecular complexity index is 764. The van der Waals surface area contributed by atoms with Gasteiger partial charge in [0.05, 0.1) is 11.1 Å². The average Bonchev–Trinajstić information content (AvgIpc) is 3.45. The second kappa shape index (κ2) is 6.11. The third kappa shape index (κ3) is 2.94. The minimum Gasteiger partial charge on any atom is -0.383 e. The first kappa shape index (κ1) is 16.6. The number of halogens is 1. The molecule has 0 atom stereocenters. The summed E-state index contributed by atoms with van der Waals surface area (Å²) in [6.45, 7) is 1.11. The SMILES string of the molecule is O=C(N1CCC(O)(c2ccccn2)CC1)C1(c2ccc(Cl)cc2)CC1. The van der Waals surface area contributed by atoms with Gasteiger partial charge in [-0.05, 0) is 55.5 Å². The van der Waals surface area contributed by atoms with Gasteiger partial charge in [-0.15, -0.1) is 0 Å². The maximum Gasteiger partial charge on any atom is 0.233 e. The maximum absolute atomic E-state index is 13.1. The first-order valence-electron chi connectivity index (χ1n) is 8.73. The number of carbonyl (C=O) groups excluding carboxylic acids is 1. The standard InChI is InChI=1S/C20H21ClN2O2/c21-16-6-4-15(5-7-16)19(8-9-19)18(24)23-13-10-20(25,11-14-23)17-3-1-2-12-22-17/h1-7,12,25H,8-11,13-14H2. The van der Waals surface area contributed by atoms with Crippen molar-refractivity contribution in [2.45, 2.75) is 36.7 Å². The molecule has 130 valence electrons. The van der Waals surface area contributed by atoms with E-state index in [9.17, 15) is 9.90 Å². The van der Waals surface area contributed by atoms with E-state index in [1.54, 1.807) is 6.20 Å². The molecule has 2 heterocycles. The fourth-order valence-electron chi connectivity index (χ4n) is 3.80. The number of amides is 1. The molecule has 1 amide bonds. The fraction of sp³-hybridized carbons (Fsp3) is 0.400. The van der Waals surface area contributed by atoms with Gasteiger partial charge in [-0.25, -0.2) is 0 Å². The third-order valence-electron chi connectivity index (χ3n) is 5.58. The summed E-state index contributed by atoms with van der Waals surface area (Å²) < 4.78 is 0. The lowest BCUT2D eigenvalue weighted by atomic mass is 9.86. The number of hydrogen-bond donors (Lipinski definition) is 1. The maximum atomic E-state index is 13.1. The molecule has 1 saturated carbocycles. The van der Waals surface area contributed by atoms with Gasteiger partial charge >= 0.3 is 0 Å². The number of rotatable bonds is 3. The van der Waals surface area contributed by atoms with E-state index in [2.05, 4.69) is 4.98 Å². The Morgan fingerprint density at radius 2 is 1.72 bits per heavy atom. The van der Waals surface area contributed by atoms with Crippen molar-refractivity contribution in [3.8, 4) is 0 Å². The van der Waals surface area contributed by atoms with Crippen LogP contribution in [0.25, 0.3) is 0 Å². The van der Waals surface area contributed by atoms with Crippen molar-refractivity contribution in [2.75, 3.05) is 13.1 Å². The number of nitrogens with zero attached hydrogens (tertiary/aromatic N) is 2. The van der Waals surface area contributed by atoms with Crippen molar-refractivity contribution in [1.29, 1.82) is 0 Å². The monoisotopic (exact) mass is 356 g/mol. The summed E-state index contributed by atoms with van der Waals surface area (Å²) in [6, 6.07) is 13.2. The summed E-state index contributed by atoms with van der Waals surface area (Å²) in [7, 11) is 0. The van der Waals surface area contributed by atoms with Crippen molar-refractivity contribution in [3.63, 3.8) is 0 Å². The molecule has 0 radical (unpaired) electrons. The lowest BCUT2D eigenvalue weighted by molar-refractivity contribution is -0.138. The van der Waals surface area contributed by atoms with Gasteiger partial charge in [0.1, 0.15) is 5.60 Å². The van der Waals surface area contributed by atoms with Crippen LogP contribution in [-0.4, -0.2) is 34.0 Å². The topological polar surface area (TPSA) is 53.4 Å². The molecular formula is C20H21ClN2O2. The molecule has 1 aliphatic heterocycles. The van der Waals surface area contributed by atoms with E-state index >= 15 is 0 Å². The van der Waals surface area contributed by atoms with Crippen molar-refractivity contribution in [2.24, 2.45) is 0 Å². The van der Waals surface area contributed by atoms with Crippen LogP contribution in [0.1, 0.15) is 36.9 Å². The number of carbonyl (C=O) groups is 1. The number of hydrogen-bond acceptors (Lipinski definition) is 3. The summed E-state index contributed by atoms with van der Waals surface area (Å²) in [6.07, 6.45) is 4.51. The van der Waals surface area contributed by atoms with Gasteiger partial charge < -0.3 is 10.0 Å². The van der Waals surface area contributed by atoms with Gasteiger partial charge in [-0.3, -0.25) is 9.78 Å². The molecule has 2 aliphatic rings. The smallest absolute Gasteiger partial charge is 0.233 e. The molecule has 1 aliphatic carbocycles. The first-order valence-corrected chi connectivity index (χ1v) is 9.11. The molecule has 2 aromatic rings. The quantitative estimate of drug-likeness (QED) is 0.918. The van der Waals surface area contributed by atoms with E-state index < -0.39 is 5.60 Å². The molecule has 1 aromatic heterocycles. The minimum absolute atomic E-state index is 0.179. The van der Waals surface area contributed by atoms with E-state index in [1.165, 1.54) is 0 Å². The third-order valence-corrected chi connectivity index (χ3v) is 5.83. The predicted octanol–water partition coefficient (Wildman–Crippen LogP) is 3.28. The van der Waals surface area contributed by atoms with Crippen LogP contribution in [0.2, 0.25) is 5.02 Å². The van der Waals surface area contributed by atoms with Gasteiger partial charge in [-0.2, -0.15) is 0 Å². The molecule has 0 unspecified atom stereocenters. The van der Waals surface area contributed by atoms with Gasteiger partial charge in [0.15, 0.2) is 0 Å². The van der Waals surface area contributed by atoms with Crippen molar-refractivity contribution in [1.82, 2.24) is 9.88 Å². The highest BCUT2D eigenvalue weighted by Gasteiger charge is 2.53. The summed E-state index contributed by atoms with van der Waals surface area (Å²) in [5.74, 6) is 0.179. The molecule has 1 saturated heterocycles.